The Morgan fingerprint density at radius 1 is 1.19 bits per heavy atom. The Morgan fingerprint density at radius 3 is 2.62 bits per heavy atom. The summed E-state index contributed by atoms with van der Waals surface area (Å²) in [5, 5.41) is 5.25. The van der Waals surface area contributed by atoms with E-state index in [0.29, 0.717) is 18.7 Å². The van der Waals surface area contributed by atoms with Crippen molar-refractivity contribution in [1.29, 1.82) is 0 Å². The number of nitrogens with one attached hydrogen (secondary N) is 1. The molecule has 0 radical (unpaired) electrons. The molecule has 5 heteroatoms. The van der Waals surface area contributed by atoms with Crippen LogP contribution in [-0.4, -0.2) is 37.0 Å². The molecule has 1 N–H and O–H groups in total. The van der Waals surface area contributed by atoms with E-state index in [9.17, 15) is 4.79 Å². The van der Waals surface area contributed by atoms with E-state index < -0.39 is 0 Å². The molecule has 1 saturated heterocycles. The topological polar surface area (TPSA) is 41.6 Å². The number of carbonyl (C=O) groups excluding carboxylic acids is 1. The van der Waals surface area contributed by atoms with Gasteiger partial charge in [-0.25, -0.2) is 0 Å². The van der Waals surface area contributed by atoms with Gasteiger partial charge in [-0.2, -0.15) is 0 Å². The first-order valence-corrected chi connectivity index (χ1v) is 10.4. The zero-order valence-corrected chi connectivity index (χ0v) is 16.3. The van der Waals surface area contributed by atoms with Crippen LogP contribution >= 0.6 is 11.3 Å². The van der Waals surface area contributed by atoms with Crippen molar-refractivity contribution in [3.8, 4) is 5.75 Å². The fraction of sp³-hybridized carbons (Fsp3) is 0.476. The highest BCUT2D eigenvalue weighted by Crippen LogP contribution is 2.27. The Labute approximate surface area is 160 Å². The number of carbonyl (C=O) groups is 1. The van der Waals surface area contributed by atoms with Crippen molar-refractivity contribution in [1.82, 2.24) is 10.2 Å². The Kier molecular flexibility index (Phi) is 7.09. The molecule has 2 heterocycles. The van der Waals surface area contributed by atoms with Crippen LogP contribution in [0.5, 0.6) is 5.75 Å². The molecule has 1 aliphatic rings. The summed E-state index contributed by atoms with van der Waals surface area (Å²) in [5.41, 5.74) is 0.678. The summed E-state index contributed by atoms with van der Waals surface area (Å²) in [7, 11) is 0. The average Bonchev–Trinajstić information content (AvgIpc) is 3.22. The minimum atomic E-state index is -0.0226. The molecule has 2 aromatic rings. The lowest BCUT2D eigenvalue weighted by molar-refractivity contribution is 0.0925. The van der Waals surface area contributed by atoms with Crippen LogP contribution in [0.25, 0.3) is 0 Å². The van der Waals surface area contributed by atoms with E-state index in [1.165, 1.54) is 24.1 Å². The number of ether oxygens (including phenoxy) is 1. The fourth-order valence-electron chi connectivity index (χ4n) is 3.33. The van der Waals surface area contributed by atoms with Crippen molar-refractivity contribution < 1.29 is 9.53 Å². The van der Waals surface area contributed by atoms with Crippen molar-refractivity contribution in [3.63, 3.8) is 0 Å². The number of hydrogen-bond donors (Lipinski definition) is 1. The maximum Gasteiger partial charge on any atom is 0.251 e. The van der Waals surface area contributed by atoms with Gasteiger partial charge in [-0.15, -0.1) is 11.3 Å². The Bertz CT molecular complexity index is 664. The van der Waals surface area contributed by atoms with Crippen molar-refractivity contribution in [2.24, 2.45) is 0 Å². The summed E-state index contributed by atoms with van der Waals surface area (Å²) in [6, 6.07) is 11.9. The minimum absolute atomic E-state index is 0.0226. The standard InChI is InChI=1S/C21H28N2O2S/c1-2-14-25-18-10-8-17(9-11-18)21(24)22-16-19(20-7-6-15-26-20)23-12-4-3-5-13-23/h6-11,15,19H,2-5,12-14,16H2,1H3,(H,22,24). The number of amides is 1. The summed E-state index contributed by atoms with van der Waals surface area (Å²) in [4.78, 5) is 16.4. The first-order valence-electron chi connectivity index (χ1n) is 9.56. The van der Waals surface area contributed by atoms with Crippen molar-refractivity contribution in [2.75, 3.05) is 26.2 Å². The molecule has 1 atom stereocenters. The van der Waals surface area contributed by atoms with Gasteiger partial charge in [-0.3, -0.25) is 9.69 Å². The predicted octanol–water partition coefficient (Wildman–Crippen LogP) is 4.49. The Morgan fingerprint density at radius 2 is 1.96 bits per heavy atom. The van der Waals surface area contributed by atoms with Gasteiger partial charge in [-0.05, 0) is 68.1 Å². The molecular formula is C21H28N2O2S. The SMILES string of the molecule is CCCOc1ccc(C(=O)NCC(c2cccs2)N2CCCCC2)cc1. The van der Waals surface area contributed by atoms with E-state index in [0.717, 1.165) is 25.3 Å². The van der Waals surface area contributed by atoms with E-state index in [-0.39, 0.29) is 11.9 Å². The van der Waals surface area contributed by atoms with Gasteiger partial charge in [0.25, 0.3) is 5.91 Å². The Balaban J connectivity index is 1.60. The minimum Gasteiger partial charge on any atom is -0.494 e. The second-order valence-electron chi connectivity index (χ2n) is 6.71. The van der Waals surface area contributed by atoms with Crippen LogP contribution in [-0.2, 0) is 0 Å². The highest BCUT2D eigenvalue weighted by atomic mass is 32.1. The van der Waals surface area contributed by atoms with Crippen LogP contribution in [0.2, 0.25) is 0 Å². The van der Waals surface area contributed by atoms with Gasteiger partial charge in [0, 0.05) is 17.0 Å². The smallest absolute Gasteiger partial charge is 0.251 e. The largest absolute Gasteiger partial charge is 0.494 e. The maximum absolute atomic E-state index is 12.6. The summed E-state index contributed by atoms with van der Waals surface area (Å²) >= 11 is 1.77. The van der Waals surface area contributed by atoms with E-state index in [1.807, 2.05) is 24.3 Å². The monoisotopic (exact) mass is 372 g/mol. The molecule has 1 fully saturated rings. The zero-order valence-electron chi connectivity index (χ0n) is 15.4. The van der Waals surface area contributed by atoms with Gasteiger partial charge < -0.3 is 10.1 Å². The van der Waals surface area contributed by atoms with Crippen LogP contribution < -0.4 is 10.1 Å². The summed E-state index contributed by atoms with van der Waals surface area (Å²) in [5.74, 6) is 0.791. The molecule has 4 nitrogen and oxygen atoms in total. The lowest BCUT2D eigenvalue weighted by atomic mass is 10.1. The van der Waals surface area contributed by atoms with Crippen LogP contribution in [0.4, 0.5) is 0 Å². The van der Waals surface area contributed by atoms with Crippen LogP contribution in [0.3, 0.4) is 0 Å². The quantitative estimate of drug-likeness (QED) is 0.742. The van der Waals surface area contributed by atoms with Crippen LogP contribution in [0.15, 0.2) is 41.8 Å². The molecule has 1 amide bonds. The van der Waals surface area contributed by atoms with Crippen molar-refractivity contribution in [2.45, 2.75) is 38.6 Å². The molecule has 0 spiro atoms. The van der Waals surface area contributed by atoms with E-state index in [2.05, 4.69) is 34.7 Å². The fourth-order valence-corrected chi connectivity index (χ4v) is 4.20. The third kappa shape index (κ3) is 5.08. The molecule has 0 saturated carbocycles. The number of rotatable bonds is 8. The maximum atomic E-state index is 12.6. The second kappa shape index (κ2) is 9.74. The van der Waals surface area contributed by atoms with Gasteiger partial charge in [0.1, 0.15) is 5.75 Å². The van der Waals surface area contributed by atoms with Gasteiger partial charge >= 0.3 is 0 Å². The van der Waals surface area contributed by atoms with Gasteiger partial charge in [0.05, 0.1) is 12.6 Å². The lowest BCUT2D eigenvalue weighted by Gasteiger charge is -2.34. The third-order valence-corrected chi connectivity index (χ3v) is 5.72. The first-order chi connectivity index (χ1) is 12.8. The normalized spacial score (nSPS) is 16.2. The predicted molar refractivity (Wildman–Crippen MR) is 107 cm³/mol. The molecule has 1 unspecified atom stereocenters. The highest BCUT2D eigenvalue weighted by Gasteiger charge is 2.23. The van der Waals surface area contributed by atoms with E-state index >= 15 is 0 Å². The first kappa shape index (κ1) is 18.9. The Hall–Kier alpha value is -1.85. The molecule has 26 heavy (non-hydrogen) atoms. The summed E-state index contributed by atoms with van der Waals surface area (Å²) in [6.07, 6.45) is 4.78. The third-order valence-electron chi connectivity index (χ3n) is 4.75. The number of hydrogen-bond acceptors (Lipinski definition) is 4. The van der Waals surface area contributed by atoms with Crippen molar-refractivity contribution >= 4 is 17.2 Å². The highest BCUT2D eigenvalue weighted by molar-refractivity contribution is 7.10. The average molecular weight is 373 g/mol. The molecule has 0 bridgehead atoms. The molecule has 1 aliphatic heterocycles. The summed E-state index contributed by atoms with van der Waals surface area (Å²) in [6.45, 7) is 5.65. The summed E-state index contributed by atoms with van der Waals surface area (Å²) < 4.78 is 5.58. The number of benzene rings is 1. The number of thiophene rings is 1. The molecule has 1 aromatic heterocycles. The van der Waals surface area contributed by atoms with Gasteiger partial charge in [0.2, 0.25) is 0 Å². The van der Waals surface area contributed by atoms with Crippen LogP contribution in [0.1, 0.15) is 53.9 Å². The lowest BCUT2D eigenvalue weighted by Crippen LogP contribution is -2.40. The van der Waals surface area contributed by atoms with E-state index in [4.69, 9.17) is 4.74 Å². The molecule has 0 aliphatic carbocycles. The molecule has 1 aromatic carbocycles. The molecule has 140 valence electrons. The van der Waals surface area contributed by atoms with Crippen LogP contribution in [0, 0.1) is 0 Å². The second-order valence-corrected chi connectivity index (χ2v) is 7.69. The number of nitrogens with zero attached hydrogens (tertiary/aromatic N) is 1. The van der Waals surface area contributed by atoms with E-state index in [1.54, 1.807) is 11.3 Å². The zero-order chi connectivity index (χ0) is 18.2. The van der Waals surface area contributed by atoms with Crippen molar-refractivity contribution in [3.05, 3.63) is 52.2 Å². The molecular weight excluding hydrogens is 344 g/mol. The van der Waals surface area contributed by atoms with Gasteiger partial charge in [0.15, 0.2) is 0 Å². The van der Waals surface area contributed by atoms with Gasteiger partial charge in [-0.1, -0.05) is 19.4 Å². The number of piperidine rings is 1. The molecule has 3 rings (SSSR count). The number of likely N-dealkylation sites (tertiary alicyclic amines) is 1.